The highest BCUT2D eigenvalue weighted by molar-refractivity contribution is 5.08. The molecule has 0 amide bonds. The van der Waals surface area contributed by atoms with Gasteiger partial charge in [0.2, 0.25) is 6.29 Å². The lowest BCUT2D eigenvalue weighted by atomic mass is 9.89. The summed E-state index contributed by atoms with van der Waals surface area (Å²) in [6.07, 6.45) is 9.90. The molecule has 3 unspecified atom stereocenters. The molecule has 2 heteroatoms. The van der Waals surface area contributed by atoms with E-state index < -0.39 is 0 Å². The van der Waals surface area contributed by atoms with Gasteiger partial charge >= 0.3 is 0 Å². The van der Waals surface area contributed by atoms with E-state index in [1.54, 1.807) is 0 Å². The molecule has 1 aliphatic carbocycles. The number of rotatable bonds is 1. The molecular formula is C12H18O2. The lowest BCUT2D eigenvalue weighted by Crippen LogP contribution is -2.36. The number of allylic oxidation sites excluding steroid dienone is 2. The zero-order valence-corrected chi connectivity index (χ0v) is 8.90. The van der Waals surface area contributed by atoms with Crippen molar-refractivity contribution in [1.29, 1.82) is 0 Å². The molecule has 1 fully saturated rings. The highest BCUT2D eigenvalue weighted by atomic mass is 16.7. The van der Waals surface area contributed by atoms with Gasteiger partial charge in [0, 0.05) is 5.92 Å². The van der Waals surface area contributed by atoms with Crippen molar-refractivity contribution in [3.63, 3.8) is 0 Å². The largest absolute Gasteiger partial charge is 0.466 e. The number of hydrogen-bond acceptors (Lipinski definition) is 2. The Morgan fingerprint density at radius 3 is 3.14 bits per heavy atom. The third kappa shape index (κ3) is 1.85. The zero-order valence-electron chi connectivity index (χ0n) is 8.90. The first-order valence-electron chi connectivity index (χ1n) is 5.46. The fraction of sp³-hybridized carbons (Fsp3) is 0.667. The standard InChI is InChI=1S/C12H18O2/c1-3-6-12-13-9(2)10-7-4-5-8-11(10)14-12/h3,6,8-10,12H,4-5,7H2,1-2H3. The Morgan fingerprint density at radius 2 is 2.36 bits per heavy atom. The van der Waals surface area contributed by atoms with Crippen LogP contribution in [0, 0.1) is 5.92 Å². The summed E-state index contributed by atoms with van der Waals surface area (Å²) in [5.74, 6) is 1.64. The second kappa shape index (κ2) is 4.18. The van der Waals surface area contributed by atoms with Crippen LogP contribution < -0.4 is 0 Å². The average molecular weight is 194 g/mol. The van der Waals surface area contributed by atoms with E-state index in [2.05, 4.69) is 13.0 Å². The molecule has 78 valence electrons. The summed E-state index contributed by atoms with van der Waals surface area (Å²) in [6, 6.07) is 0. The summed E-state index contributed by atoms with van der Waals surface area (Å²) in [6.45, 7) is 4.13. The van der Waals surface area contributed by atoms with Crippen molar-refractivity contribution >= 4 is 0 Å². The Bertz CT molecular complexity index is 255. The quantitative estimate of drug-likeness (QED) is 0.597. The van der Waals surface area contributed by atoms with Crippen LogP contribution in [0.5, 0.6) is 0 Å². The molecule has 2 aliphatic rings. The van der Waals surface area contributed by atoms with Crippen LogP contribution in [0.15, 0.2) is 24.0 Å². The van der Waals surface area contributed by atoms with Crippen LogP contribution in [0.1, 0.15) is 33.1 Å². The minimum Gasteiger partial charge on any atom is -0.466 e. The van der Waals surface area contributed by atoms with Crippen molar-refractivity contribution in [3.8, 4) is 0 Å². The summed E-state index contributed by atoms with van der Waals surface area (Å²) in [4.78, 5) is 0. The number of hydrogen-bond donors (Lipinski definition) is 0. The summed E-state index contributed by atoms with van der Waals surface area (Å²) in [5.41, 5.74) is 0. The molecule has 0 aromatic heterocycles. The molecule has 3 atom stereocenters. The molecule has 0 N–H and O–H groups in total. The topological polar surface area (TPSA) is 18.5 Å². The fourth-order valence-corrected chi connectivity index (χ4v) is 2.19. The molecule has 0 saturated carbocycles. The molecule has 0 spiro atoms. The maximum absolute atomic E-state index is 5.75. The smallest absolute Gasteiger partial charge is 0.219 e. The summed E-state index contributed by atoms with van der Waals surface area (Å²) < 4.78 is 11.5. The van der Waals surface area contributed by atoms with E-state index in [1.807, 2.05) is 19.1 Å². The maximum Gasteiger partial charge on any atom is 0.219 e. The van der Waals surface area contributed by atoms with Crippen LogP contribution in [0.4, 0.5) is 0 Å². The Labute approximate surface area is 85.6 Å². The molecule has 0 aromatic carbocycles. The molecule has 2 nitrogen and oxygen atoms in total. The van der Waals surface area contributed by atoms with Gasteiger partial charge in [0.1, 0.15) is 5.76 Å². The van der Waals surface area contributed by atoms with Crippen molar-refractivity contribution in [2.45, 2.75) is 45.5 Å². The molecule has 0 bridgehead atoms. The van der Waals surface area contributed by atoms with Crippen molar-refractivity contribution in [2.75, 3.05) is 0 Å². The first kappa shape index (κ1) is 9.78. The highest BCUT2D eigenvalue weighted by Crippen LogP contribution is 2.35. The van der Waals surface area contributed by atoms with Crippen LogP contribution >= 0.6 is 0 Å². The Hall–Kier alpha value is -0.760. The molecule has 1 aliphatic heterocycles. The van der Waals surface area contributed by atoms with Gasteiger partial charge in [0.25, 0.3) is 0 Å². The number of ether oxygens (including phenoxy) is 2. The second-order valence-corrected chi connectivity index (χ2v) is 4.00. The third-order valence-electron chi connectivity index (χ3n) is 2.95. The van der Waals surface area contributed by atoms with Crippen LogP contribution in [-0.4, -0.2) is 12.4 Å². The second-order valence-electron chi connectivity index (χ2n) is 4.00. The predicted molar refractivity (Wildman–Crippen MR) is 55.7 cm³/mol. The highest BCUT2D eigenvalue weighted by Gasteiger charge is 2.33. The number of fused-ring (bicyclic) bond motifs is 1. The summed E-state index contributed by atoms with van der Waals surface area (Å²) >= 11 is 0. The van der Waals surface area contributed by atoms with Crippen LogP contribution in [0.2, 0.25) is 0 Å². The zero-order chi connectivity index (χ0) is 9.97. The molecule has 1 saturated heterocycles. The van der Waals surface area contributed by atoms with Gasteiger partial charge in [-0.2, -0.15) is 0 Å². The van der Waals surface area contributed by atoms with Crippen LogP contribution in [0.3, 0.4) is 0 Å². The van der Waals surface area contributed by atoms with Crippen molar-refractivity contribution in [1.82, 2.24) is 0 Å². The molecular weight excluding hydrogens is 176 g/mol. The molecule has 0 radical (unpaired) electrons. The van der Waals surface area contributed by atoms with Crippen molar-refractivity contribution in [2.24, 2.45) is 5.92 Å². The van der Waals surface area contributed by atoms with E-state index >= 15 is 0 Å². The van der Waals surface area contributed by atoms with Gasteiger partial charge in [-0.3, -0.25) is 0 Å². The van der Waals surface area contributed by atoms with Crippen LogP contribution in [0.25, 0.3) is 0 Å². The van der Waals surface area contributed by atoms with Gasteiger partial charge in [-0.1, -0.05) is 6.08 Å². The van der Waals surface area contributed by atoms with E-state index in [1.165, 1.54) is 12.8 Å². The Balaban J connectivity index is 2.10. The van der Waals surface area contributed by atoms with Gasteiger partial charge in [0.15, 0.2) is 0 Å². The van der Waals surface area contributed by atoms with Crippen LogP contribution in [-0.2, 0) is 9.47 Å². The van der Waals surface area contributed by atoms with Crippen molar-refractivity contribution in [3.05, 3.63) is 24.0 Å². The fourth-order valence-electron chi connectivity index (χ4n) is 2.19. The Morgan fingerprint density at radius 1 is 1.50 bits per heavy atom. The third-order valence-corrected chi connectivity index (χ3v) is 2.95. The van der Waals surface area contributed by atoms with E-state index in [9.17, 15) is 0 Å². The monoisotopic (exact) mass is 194 g/mol. The van der Waals surface area contributed by atoms with Gasteiger partial charge in [0.05, 0.1) is 6.10 Å². The summed E-state index contributed by atoms with van der Waals surface area (Å²) in [7, 11) is 0. The molecule has 2 rings (SSSR count). The Kier molecular flexibility index (Phi) is 2.92. The van der Waals surface area contributed by atoms with Crippen molar-refractivity contribution < 1.29 is 9.47 Å². The van der Waals surface area contributed by atoms with Gasteiger partial charge in [-0.25, -0.2) is 0 Å². The summed E-state index contributed by atoms with van der Waals surface area (Å²) in [5, 5.41) is 0. The first-order chi connectivity index (χ1) is 6.81. The van der Waals surface area contributed by atoms with E-state index in [0.717, 1.165) is 12.2 Å². The van der Waals surface area contributed by atoms with E-state index in [-0.39, 0.29) is 12.4 Å². The van der Waals surface area contributed by atoms with Gasteiger partial charge in [-0.05, 0) is 45.3 Å². The SMILES string of the molecule is CC=CC1OC2=CCCCC2C(C)O1. The van der Waals surface area contributed by atoms with E-state index in [0.29, 0.717) is 5.92 Å². The lowest BCUT2D eigenvalue weighted by Gasteiger charge is -2.37. The first-order valence-corrected chi connectivity index (χ1v) is 5.46. The minimum atomic E-state index is -0.171. The maximum atomic E-state index is 5.75. The molecule has 1 heterocycles. The molecule has 0 aromatic rings. The van der Waals surface area contributed by atoms with E-state index in [4.69, 9.17) is 9.47 Å². The normalized spacial score (nSPS) is 37.6. The average Bonchev–Trinajstić information content (AvgIpc) is 2.18. The molecule has 14 heavy (non-hydrogen) atoms. The van der Waals surface area contributed by atoms with Gasteiger partial charge < -0.3 is 9.47 Å². The van der Waals surface area contributed by atoms with Gasteiger partial charge in [-0.15, -0.1) is 0 Å². The lowest BCUT2D eigenvalue weighted by molar-refractivity contribution is -0.177. The minimum absolute atomic E-state index is 0.171. The predicted octanol–water partition coefficient (Wildman–Crippen LogP) is 3.01.